The molecular formula is C14H14F2. The van der Waals surface area contributed by atoms with Crippen molar-refractivity contribution in [2.75, 3.05) is 0 Å². The Labute approximate surface area is 94.0 Å². The molecule has 1 aromatic rings. The third kappa shape index (κ3) is 1.48. The Morgan fingerprint density at radius 2 is 1.81 bits per heavy atom. The zero-order valence-electron chi connectivity index (χ0n) is 9.32. The molecule has 0 spiro atoms. The monoisotopic (exact) mass is 220 g/mol. The van der Waals surface area contributed by atoms with E-state index in [2.05, 4.69) is 6.92 Å². The maximum absolute atomic E-state index is 13.3. The minimum Gasteiger partial charge on any atom is -0.204 e. The molecule has 0 aliphatic heterocycles. The van der Waals surface area contributed by atoms with E-state index in [1.807, 2.05) is 0 Å². The molecule has 3 rings (SSSR count). The van der Waals surface area contributed by atoms with Crippen molar-refractivity contribution in [1.82, 2.24) is 0 Å². The molecule has 0 nitrogen and oxygen atoms in total. The van der Waals surface area contributed by atoms with Crippen molar-refractivity contribution in [3.63, 3.8) is 0 Å². The lowest BCUT2D eigenvalue weighted by atomic mass is 9.86. The smallest absolute Gasteiger partial charge is 0.159 e. The summed E-state index contributed by atoms with van der Waals surface area (Å²) in [6, 6.07) is 2.76. The van der Waals surface area contributed by atoms with Crippen LogP contribution >= 0.6 is 0 Å². The van der Waals surface area contributed by atoms with Crippen molar-refractivity contribution in [3.8, 4) is 0 Å². The Hall–Kier alpha value is -1.18. The van der Waals surface area contributed by atoms with Gasteiger partial charge in [0.1, 0.15) is 0 Å². The first-order valence-electron chi connectivity index (χ1n) is 5.87. The van der Waals surface area contributed by atoms with Crippen molar-refractivity contribution < 1.29 is 8.78 Å². The summed E-state index contributed by atoms with van der Waals surface area (Å²) in [6.07, 6.45) is 4.09. The number of aryl methyl sites for hydroxylation is 1. The summed E-state index contributed by atoms with van der Waals surface area (Å²) in [5.41, 5.74) is 4.68. The summed E-state index contributed by atoms with van der Waals surface area (Å²) in [7, 11) is 0. The molecule has 0 heterocycles. The van der Waals surface area contributed by atoms with Crippen LogP contribution in [0, 0.1) is 17.6 Å². The predicted molar refractivity (Wildman–Crippen MR) is 60.0 cm³/mol. The van der Waals surface area contributed by atoms with Gasteiger partial charge in [-0.25, -0.2) is 8.78 Å². The summed E-state index contributed by atoms with van der Waals surface area (Å²) in [4.78, 5) is 0. The van der Waals surface area contributed by atoms with Gasteiger partial charge in [-0.1, -0.05) is 12.5 Å². The third-order valence-corrected chi connectivity index (χ3v) is 3.69. The summed E-state index contributed by atoms with van der Waals surface area (Å²) >= 11 is 0. The number of hydrogen-bond donors (Lipinski definition) is 0. The minimum atomic E-state index is -0.716. The van der Waals surface area contributed by atoms with Crippen LogP contribution in [-0.2, 0) is 6.42 Å². The summed E-state index contributed by atoms with van der Waals surface area (Å²) in [5.74, 6) is -0.782. The molecule has 0 unspecified atom stereocenters. The van der Waals surface area contributed by atoms with Crippen molar-refractivity contribution in [1.29, 1.82) is 0 Å². The normalized spacial score (nSPS) is 27.8. The molecule has 1 atom stereocenters. The Balaban J connectivity index is 2.16. The molecular weight excluding hydrogens is 206 g/mol. The Kier molecular flexibility index (Phi) is 2.13. The molecule has 0 radical (unpaired) electrons. The van der Waals surface area contributed by atoms with E-state index in [0.717, 1.165) is 36.8 Å². The molecule has 2 aliphatic carbocycles. The lowest BCUT2D eigenvalue weighted by Gasteiger charge is -2.19. The summed E-state index contributed by atoms with van der Waals surface area (Å²) in [5, 5.41) is 0. The number of hydrogen-bond acceptors (Lipinski definition) is 0. The van der Waals surface area contributed by atoms with Crippen LogP contribution in [0.15, 0.2) is 17.7 Å². The van der Waals surface area contributed by atoms with E-state index in [0.29, 0.717) is 5.92 Å². The quantitative estimate of drug-likeness (QED) is 0.617. The standard InChI is InChI=1S/C14H14F2/c1-8-5-11(8)10-4-2-3-9-6-13(15)14(16)7-12(9)10/h6-8H,2-5H2,1H3/b11-10-/t8-/m1/s1. The van der Waals surface area contributed by atoms with Crippen molar-refractivity contribution in [2.45, 2.75) is 32.6 Å². The molecule has 0 saturated heterocycles. The van der Waals surface area contributed by atoms with Crippen LogP contribution in [0.3, 0.4) is 0 Å². The highest BCUT2D eigenvalue weighted by molar-refractivity contribution is 5.75. The average molecular weight is 220 g/mol. The molecule has 0 amide bonds. The van der Waals surface area contributed by atoms with Gasteiger partial charge >= 0.3 is 0 Å². The zero-order chi connectivity index (χ0) is 11.3. The average Bonchev–Trinajstić information content (AvgIpc) is 2.96. The Bertz CT molecular complexity index is 486. The van der Waals surface area contributed by atoms with Crippen molar-refractivity contribution >= 4 is 5.57 Å². The molecule has 2 aliphatic rings. The van der Waals surface area contributed by atoms with E-state index < -0.39 is 11.6 Å². The highest BCUT2D eigenvalue weighted by Gasteiger charge is 2.30. The first-order valence-corrected chi connectivity index (χ1v) is 5.87. The van der Waals surface area contributed by atoms with E-state index in [1.165, 1.54) is 23.3 Å². The molecule has 1 fully saturated rings. The number of benzene rings is 1. The number of allylic oxidation sites excluding steroid dienone is 2. The van der Waals surface area contributed by atoms with Gasteiger partial charge < -0.3 is 0 Å². The van der Waals surface area contributed by atoms with Crippen LogP contribution in [-0.4, -0.2) is 0 Å². The first-order chi connectivity index (χ1) is 7.66. The largest absolute Gasteiger partial charge is 0.204 e. The fourth-order valence-electron chi connectivity index (χ4n) is 2.69. The van der Waals surface area contributed by atoms with E-state index in [1.54, 1.807) is 0 Å². The number of halogens is 2. The SMILES string of the molecule is C[C@@H]1C/C1=C1\CCCc2cc(F)c(F)cc21. The van der Waals surface area contributed by atoms with E-state index in [4.69, 9.17) is 0 Å². The lowest BCUT2D eigenvalue weighted by Crippen LogP contribution is -2.04. The Morgan fingerprint density at radius 1 is 1.12 bits per heavy atom. The lowest BCUT2D eigenvalue weighted by molar-refractivity contribution is 0.505. The van der Waals surface area contributed by atoms with Gasteiger partial charge in [-0.15, -0.1) is 0 Å². The van der Waals surface area contributed by atoms with Crippen LogP contribution < -0.4 is 0 Å². The van der Waals surface area contributed by atoms with E-state index in [-0.39, 0.29) is 0 Å². The summed E-state index contributed by atoms with van der Waals surface area (Å²) in [6.45, 7) is 2.19. The van der Waals surface area contributed by atoms with Gasteiger partial charge in [0.25, 0.3) is 0 Å². The Morgan fingerprint density at radius 3 is 2.50 bits per heavy atom. The highest BCUT2D eigenvalue weighted by atomic mass is 19.2. The van der Waals surface area contributed by atoms with Gasteiger partial charge in [-0.05, 0) is 60.4 Å². The topological polar surface area (TPSA) is 0 Å². The minimum absolute atomic E-state index is 0.647. The second kappa shape index (κ2) is 3.41. The molecule has 0 N–H and O–H groups in total. The molecule has 84 valence electrons. The molecule has 0 bridgehead atoms. The predicted octanol–water partition coefficient (Wildman–Crippen LogP) is 4.09. The third-order valence-electron chi connectivity index (χ3n) is 3.69. The zero-order valence-corrected chi connectivity index (χ0v) is 9.32. The molecule has 1 saturated carbocycles. The fraction of sp³-hybridized carbons (Fsp3) is 0.429. The molecule has 2 heteroatoms. The maximum atomic E-state index is 13.3. The molecule has 16 heavy (non-hydrogen) atoms. The highest BCUT2D eigenvalue weighted by Crippen LogP contribution is 2.47. The van der Waals surface area contributed by atoms with Gasteiger partial charge in [0.15, 0.2) is 11.6 Å². The van der Waals surface area contributed by atoms with Gasteiger partial charge in [-0.2, -0.15) is 0 Å². The van der Waals surface area contributed by atoms with Gasteiger partial charge in [0.05, 0.1) is 0 Å². The molecule has 0 aromatic heterocycles. The van der Waals surface area contributed by atoms with Crippen LogP contribution in [0.5, 0.6) is 0 Å². The number of rotatable bonds is 0. The fourth-order valence-corrected chi connectivity index (χ4v) is 2.69. The van der Waals surface area contributed by atoms with Crippen molar-refractivity contribution in [2.24, 2.45) is 5.92 Å². The van der Waals surface area contributed by atoms with Crippen LogP contribution in [0.1, 0.15) is 37.3 Å². The molecule has 1 aromatic carbocycles. The summed E-state index contributed by atoms with van der Waals surface area (Å²) < 4.78 is 26.4. The first kappa shape index (κ1) is 10.0. The van der Waals surface area contributed by atoms with Gasteiger partial charge in [-0.3, -0.25) is 0 Å². The second-order valence-corrected chi connectivity index (χ2v) is 4.89. The van der Waals surface area contributed by atoms with Crippen LogP contribution in [0.4, 0.5) is 8.78 Å². The second-order valence-electron chi connectivity index (χ2n) is 4.89. The van der Waals surface area contributed by atoms with E-state index in [9.17, 15) is 8.78 Å². The van der Waals surface area contributed by atoms with Crippen LogP contribution in [0.2, 0.25) is 0 Å². The van der Waals surface area contributed by atoms with Crippen LogP contribution in [0.25, 0.3) is 5.57 Å². The number of fused-ring (bicyclic) bond motifs is 1. The van der Waals surface area contributed by atoms with Gasteiger partial charge in [0, 0.05) is 0 Å². The van der Waals surface area contributed by atoms with Crippen molar-refractivity contribution in [3.05, 3.63) is 40.5 Å². The van der Waals surface area contributed by atoms with Gasteiger partial charge in [0.2, 0.25) is 0 Å². The van der Waals surface area contributed by atoms with E-state index >= 15 is 0 Å². The maximum Gasteiger partial charge on any atom is 0.159 e.